The quantitative estimate of drug-likeness (QED) is 0.564. The van der Waals surface area contributed by atoms with Crippen LogP contribution in [0.4, 0.5) is 0 Å². The summed E-state index contributed by atoms with van der Waals surface area (Å²) >= 11 is 3.28. The van der Waals surface area contributed by atoms with Crippen LogP contribution in [0, 0.1) is 6.92 Å². The van der Waals surface area contributed by atoms with Crippen LogP contribution in [0.15, 0.2) is 36.4 Å². The van der Waals surface area contributed by atoms with Crippen LogP contribution in [0.5, 0.6) is 0 Å². The molecule has 124 valence electrons. The van der Waals surface area contributed by atoms with E-state index in [9.17, 15) is 4.79 Å². The number of benzene rings is 1. The van der Waals surface area contributed by atoms with Gasteiger partial charge < -0.3 is 0 Å². The molecule has 3 nitrogen and oxygen atoms in total. The SMILES string of the molecule is CSC(C)(CCCc1ccc(-c2ccc(C)s2)cc1)C(=O)NO. The number of amides is 1. The molecule has 1 atom stereocenters. The largest absolute Gasteiger partial charge is 0.289 e. The Kier molecular flexibility index (Phi) is 6.27. The van der Waals surface area contributed by atoms with Gasteiger partial charge in [0.2, 0.25) is 0 Å². The van der Waals surface area contributed by atoms with Crippen molar-refractivity contribution in [2.75, 3.05) is 6.26 Å². The molecule has 1 unspecified atom stereocenters. The maximum atomic E-state index is 11.7. The molecule has 23 heavy (non-hydrogen) atoms. The lowest BCUT2D eigenvalue weighted by atomic mass is 9.99. The number of thiophene rings is 1. The van der Waals surface area contributed by atoms with E-state index >= 15 is 0 Å². The highest BCUT2D eigenvalue weighted by atomic mass is 32.2. The van der Waals surface area contributed by atoms with Crippen LogP contribution < -0.4 is 5.48 Å². The Balaban J connectivity index is 1.93. The third kappa shape index (κ3) is 4.59. The molecule has 2 N–H and O–H groups in total. The van der Waals surface area contributed by atoms with Crippen molar-refractivity contribution in [3.63, 3.8) is 0 Å². The number of hydrogen-bond donors (Lipinski definition) is 2. The molecule has 0 radical (unpaired) electrons. The van der Waals surface area contributed by atoms with Gasteiger partial charge in [-0.2, -0.15) is 0 Å². The van der Waals surface area contributed by atoms with Gasteiger partial charge in [0.1, 0.15) is 0 Å². The lowest BCUT2D eigenvalue weighted by molar-refractivity contribution is -0.131. The van der Waals surface area contributed by atoms with Crippen molar-refractivity contribution < 1.29 is 10.0 Å². The zero-order chi connectivity index (χ0) is 16.9. The van der Waals surface area contributed by atoms with Gasteiger partial charge in [-0.1, -0.05) is 24.3 Å². The Morgan fingerprint density at radius 3 is 2.48 bits per heavy atom. The van der Waals surface area contributed by atoms with Crippen LogP contribution in [-0.2, 0) is 11.2 Å². The molecule has 1 amide bonds. The molecule has 0 bridgehead atoms. The molecule has 0 aliphatic rings. The Bertz CT molecular complexity index is 651. The number of aryl methyl sites for hydroxylation is 2. The van der Waals surface area contributed by atoms with Crippen molar-refractivity contribution in [1.82, 2.24) is 5.48 Å². The second kappa shape index (κ2) is 7.99. The molecular weight excluding hydrogens is 326 g/mol. The van der Waals surface area contributed by atoms with Gasteiger partial charge in [-0.05, 0) is 62.6 Å². The Morgan fingerprint density at radius 1 is 1.26 bits per heavy atom. The molecule has 2 aromatic rings. The Hall–Kier alpha value is -1.30. The summed E-state index contributed by atoms with van der Waals surface area (Å²) in [6.07, 6.45) is 4.46. The van der Waals surface area contributed by atoms with E-state index in [2.05, 4.69) is 43.3 Å². The van der Waals surface area contributed by atoms with Crippen LogP contribution >= 0.6 is 23.1 Å². The molecule has 0 aliphatic carbocycles. The molecule has 0 saturated carbocycles. The van der Waals surface area contributed by atoms with Crippen LogP contribution in [0.1, 0.15) is 30.2 Å². The zero-order valence-corrected chi connectivity index (χ0v) is 15.4. The maximum Gasteiger partial charge on any atom is 0.259 e. The number of thioether (sulfide) groups is 1. The van der Waals surface area contributed by atoms with Gasteiger partial charge in [0, 0.05) is 9.75 Å². The van der Waals surface area contributed by atoms with Crippen molar-refractivity contribution in [2.45, 2.75) is 37.9 Å². The molecule has 1 heterocycles. The standard InChI is InChI=1S/C18H23NO2S2/c1-13-6-11-16(23-13)15-9-7-14(8-10-15)5-4-12-18(2,22-3)17(20)19-21/h6-11,21H,4-5,12H2,1-3H3,(H,19,20). The number of rotatable bonds is 7. The summed E-state index contributed by atoms with van der Waals surface area (Å²) in [6, 6.07) is 12.9. The third-order valence-electron chi connectivity index (χ3n) is 4.13. The van der Waals surface area contributed by atoms with Gasteiger partial charge in [-0.25, -0.2) is 5.48 Å². The normalized spacial score (nSPS) is 13.6. The van der Waals surface area contributed by atoms with Crippen molar-refractivity contribution in [3.05, 3.63) is 46.8 Å². The van der Waals surface area contributed by atoms with Crippen molar-refractivity contribution in [1.29, 1.82) is 0 Å². The summed E-state index contributed by atoms with van der Waals surface area (Å²) in [6.45, 7) is 3.99. The number of nitrogens with one attached hydrogen (secondary N) is 1. The molecule has 2 rings (SSSR count). The van der Waals surface area contributed by atoms with Gasteiger partial charge in [0.15, 0.2) is 0 Å². The van der Waals surface area contributed by atoms with Crippen LogP contribution in [-0.4, -0.2) is 22.1 Å². The zero-order valence-electron chi connectivity index (χ0n) is 13.8. The van der Waals surface area contributed by atoms with Crippen molar-refractivity contribution in [3.8, 4) is 10.4 Å². The van der Waals surface area contributed by atoms with Gasteiger partial charge in [-0.3, -0.25) is 10.0 Å². The number of hydrogen-bond acceptors (Lipinski definition) is 4. The summed E-state index contributed by atoms with van der Waals surface area (Å²) < 4.78 is -0.580. The van der Waals surface area contributed by atoms with E-state index in [1.807, 2.05) is 13.2 Å². The minimum atomic E-state index is -0.580. The third-order valence-corrected chi connectivity index (χ3v) is 6.47. The van der Waals surface area contributed by atoms with Crippen LogP contribution in [0.3, 0.4) is 0 Å². The fourth-order valence-corrected chi connectivity index (χ4v) is 3.93. The molecule has 0 spiro atoms. The second-order valence-electron chi connectivity index (χ2n) is 5.84. The molecule has 5 heteroatoms. The molecule has 0 fully saturated rings. The summed E-state index contributed by atoms with van der Waals surface area (Å²) in [5.74, 6) is -0.326. The molecule has 1 aromatic carbocycles. The average Bonchev–Trinajstić information content (AvgIpc) is 3.01. The van der Waals surface area contributed by atoms with Crippen molar-refractivity contribution >= 4 is 29.0 Å². The summed E-state index contributed by atoms with van der Waals surface area (Å²) in [4.78, 5) is 14.3. The van der Waals surface area contributed by atoms with Gasteiger partial charge in [0.05, 0.1) is 4.75 Å². The first-order valence-corrected chi connectivity index (χ1v) is 9.68. The summed E-state index contributed by atoms with van der Waals surface area (Å²) in [7, 11) is 0. The smallest absolute Gasteiger partial charge is 0.259 e. The monoisotopic (exact) mass is 349 g/mol. The molecule has 1 aromatic heterocycles. The first-order chi connectivity index (χ1) is 11.0. The minimum Gasteiger partial charge on any atom is -0.289 e. The fourth-order valence-electron chi connectivity index (χ4n) is 2.48. The highest BCUT2D eigenvalue weighted by Crippen LogP contribution is 2.30. The summed E-state index contributed by atoms with van der Waals surface area (Å²) in [5.41, 5.74) is 4.30. The van der Waals surface area contributed by atoms with E-state index in [-0.39, 0.29) is 5.91 Å². The highest BCUT2D eigenvalue weighted by Gasteiger charge is 2.31. The average molecular weight is 350 g/mol. The minimum absolute atomic E-state index is 0.326. The molecular formula is C18H23NO2S2. The Labute approximate surface area is 146 Å². The number of hydroxylamine groups is 1. The number of carbonyl (C=O) groups is 1. The molecule has 0 saturated heterocycles. The first kappa shape index (κ1) is 18.0. The highest BCUT2D eigenvalue weighted by molar-refractivity contribution is 8.00. The van der Waals surface area contributed by atoms with Gasteiger partial charge in [0.25, 0.3) is 5.91 Å². The van der Waals surface area contributed by atoms with Crippen LogP contribution in [0.25, 0.3) is 10.4 Å². The lowest BCUT2D eigenvalue weighted by Gasteiger charge is -2.24. The second-order valence-corrected chi connectivity index (χ2v) is 8.43. The fraction of sp³-hybridized carbons (Fsp3) is 0.389. The Morgan fingerprint density at radius 2 is 1.96 bits per heavy atom. The van der Waals surface area contributed by atoms with E-state index in [0.717, 1.165) is 19.3 Å². The number of carbonyl (C=O) groups excluding carboxylic acids is 1. The van der Waals surface area contributed by atoms with Gasteiger partial charge in [-0.15, -0.1) is 23.1 Å². The predicted octanol–water partition coefficient (Wildman–Crippen LogP) is 4.67. The van der Waals surface area contributed by atoms with E-state index in [4.69, 9.17) is 5.21 Å². The van der Waals surface area contributed by atoms with E-state index < -0.39 is 4.75 Å². The van der Waals surface area contributed by atoms with Gasteiger partial charge >= 0.3 is 0 Å². The summed E-state index contributed by atoms with van der Waals surface area (Å²) in [5, 5.41) is 8.85. The van der Waals surface area contributed by atoms with E-state index in [1.165, 1.54) is 32.6 Å². The topological polar surface area (TPSA) is 49.3 Å². The lowest BCUT2D eigenvalue weighted by Crippen LogP contribution is -2.40. The van der Waals surface area contributed by atoms with E-state index in [1.54, 1.807) is 16.8 Å². The van der Waals surface area contributed by atoms with E-state index in [0.29, 0.717) is 0 Å². The maximum absolute atomic E-state index is 11.7. The van der Waals surface area contributed by atoms with Crippen LogP contribution in [0.2, 0.25) is 0 Å². The molecule has 0 aliphatic heterocycles. The predicted molar refractivity (Wildman–Crippen MR) is 99.3 cm³/mol. The first-order valence-electron chi connectivity index (χ1n) is 7.64. The van der Waals surface area contributed by atoms with Crippen molar-refractivity contribution in [2.24, 2.45) is 0 Å².